The number of amides is 1. The standard InChI is InChI=1S/C18H23N3O2/c1-23-13-12-19-17-10-9-16(14-21-17)18(22)20-11-5-8-15-6-3-2-4-7-15/h2-4,6-7,9-10,14H,5,8,11-13H2,1H3,(H,19,21)(H,20,22). The van der Waals surface area contributed by atoms with Gasteiger partial charge in [-0.1, -0.05) is 30.3 Å². The van der Waals surface area contributed by atoms with Crippen molar-refractivity contribution in [3.63, 3.8) is 0 Å². The number of benzene rings is 1. The van der Waals surface area contributed by atoms with Crippen LogP contribution in [-0.2, 0) is 11.2 Å². The second kappa shape index (κ2) is 9.58. The van der Waals surface area contributed by atoms with E-state index < -0.39 is 0 Å². The molecule has 2 aromatic rings. The summed E-state index contributed by atoms with van der Waals surface area (Å²) in [6, 6.07) is 13.8. The lowest BCUT2D eigenvalue weighted by atomic mass is 10.1. The van der Waals surface area contributed by atoms with E-state index in [1.165, 1.54) is 5.56 Å². The van der Waals surface area contributed by atoms with Crippen LogP contribution in [0.2, 0.25) is 0 Å². The predicted octanol–water partition coefficient (Wildman–Crippen LogP) is 2.50. The van der Waals surface area contributed by atoms with Crippen molar-refractivity contribution in [2.45, 2.75) is 12.8 Å². The van der Waals surface area contributed by atoms with Crippen molar-refractivity contribution in [1.82, 2.24) is 10.3 Å². The number of nitrogens with one attached hydrogen (secondary N) is 2. The molecule has 0 unspecified atom stereocenters. The number of hydrogen-bond donors (Lipinski definition) is 2. The molecular weight excluding hydrogens is 290 g/mol. The fraction of sp³-hybridized carbons (Fsp3) is 0.333. The second-order valence-electron chi connectivity index (χ2n) is 5.20. The molecule has 0 bridgehead atoms. The molecule has 122 valence electrons. The number of ether oxygens (including phenoxy) is 1. The maximum atomic E-state index is 12.0. The molecule has 23 heavy (non-hydrogen) atoms. The van der Waals surface area contributed by atoms with Crippen molar-refractivity contribution in [3.8, 4) is 0 Å². The van der Waals surface area contributed by atoms with Crippen LogP contribution in [0.5, 0.6) is 0 Å². The van der Waals surface area contributed by atoms with Crippen LogP contribution in [0.4, 0.5) is 5.82 Å². The maximum Gasteiger partial charge on any atom is 0.252 e. The SMILES string of the molecule is COCCNc1ccc(C(=O)NCCCc2ccccc2)cn1. The lowest BCUT2D eigenvalue weighted by Gasteiger charge is -2.07. The lowest BCUT2D eigenvalue weighted by Crippen LogP contribution is -2.25. The molecule has 0 aliphatic carbocycles. The summed E-state index contributed by atoms with van der Waals surface area (Å²) in [6.07, 6.45) is 3.46. The molecule has 5 heteroatoms. The lowest BCUT2D eigenvalue weighted by molar-refractivity contribution is 0.0953. The average molecular weight is 313 g/mol. The van der Waals surface area contributed by atoms with E-state index in [0.29, 0.717) is 25.3 Å². The van der Waals surface area contributed by atoms with E-state index in [2.05, 4.69) is 27.8 Å². The second-order valence-corrected chi connectivity index (χ2v) is 5.20. The quantitative estimate of drug-likeness (QED) is 0.698. The smallest absolute Gasteiger partial charge is 0.252 e. The summed E-state index contributed by atoms with van der Waals surface area (Å²) in [5.41, 5.74) is 1.86. The van der Waals surface area contributed by atoms with Gasteiger partial charge in [0.15, 0.2) is 0 Å². The molecular formula is C18H23N3O2. The van der Waals surface area contributed by atoms with E-state index in [-0.39, 0.29) is 5.91 Å². The maximum absolute atomic E-state index is 12.0. The van der Waals surface area contributed by atoms with E-state index in [1.54, 1.807) is 25.4 Å². The van der Waals surface area contributed by atoms with Gasteiger partial charge in [-0.15, -0.1) is 0 Å². The number of hydrogen-bond acceptors (Lipinski definition) is 4. The number of aryl methyl sites for hydroxylation is 1. The highest BCUT2D eigenvalue weighted by Crippen LogP contribution is 2.05. The van der Waals surface area contributed by atoms with Crippen LogP contribution < -0.4 is 10.6 Å². The number of nitrogens with zero attached hydrogens (tertiary/aromatic N) is 1. The first kappa shape index (κ1) is 17.0. The molecule has 0 aliphatic heterocycles. The van der Waals surface area contributed by atoms with E-state index >= 15 is 0 Å². The molecule has 1 aromatic carbocycles. The minimum Gasteiger partial charge on any atom is -0.383 e. The number of pyridine rings is 1. The molecule has 0 spiro atoms. The van der Waals surface area contributed by atoms with Gasteiger partial charge in [0.05, 0.1) is 12.2 Å². The van der Waals surface area contributed by atoms with E-state index in [1.807, 2.05) is 18.2 Å². The van der Waals surface area contributed by atoms with Crippen LogP contribution in [0, 0.1) is 0 Å². The van der Waals surface area contributed by atoms with Gasteiger partial charge in [0.25, 0.3) is 5.91 Å². The van der Waals surface area contributed by atoms with Crippen LogP contribution >= 0.6 is 0 Å². The highest BCUT2D eigenvalue weighted by Gasteiger charge is 2.05. The third-order valence-electron chi connectivity index (χ3n) is 3.41. The minimum atomic E-state index is -0.0889. The van der Waals surface area contributed by atoms with Crippen molar-refractivity contribution in [1.29, 1.82) is 0 Å². The third-order valence-corrected chi connectivity index (χ3v) is 3.41. The Hall–Kier alpha value is -2.40. The van der Waals surface area contributed by atoms with Gasteiger partial charge in [0.2, 0.25) is 0 Å². The Morgan fingerprint density at radius 1 is 1.13 bits per heavy atom. The summed E-state index contributed by atoms with van der Waals surface area (Å²) in [6.45, 7) is 1.96. The van der Waals surface area contributed by atoms with Gasteiger partial charge in [0, 0.05) is 26.4 Å². The van der Waals surface area contributed by atoms with E-state index in [4.69, 9.17) is 4.74 Å². The molecule has 0 fully saturated rings. The first-order chi connectivity index (χ1) is 11.3. The van der Waals surface area contributed by atoms with Crippen molar-refractivity contribution >= 4 is 11.7 Å². The number of carbonyl (C=O) groups is 1. The molecule has 1 amide bonds. The Balaban J connectivity index is 1.70. The highest BCUT2D eigenvalue weighted by molar-refractivity contribution is 5.94. The van der Waals surface area contributed by atoms with Crippen molar-refractivity contribution in [2.24, 2.45) is 0 Å². The van der Waals surface area contributed by atoms with Crippen LogP contribution in [0.1, 0.15) is 22.3 Å². The molecule has 0 aliphatic rings. The van der Waals surface area contributed by atoms with Crippen LogP contribution in [0.25, 0.3) is 0 Å². The van der Waals surface area contributed by atoms with Crippen molar-refractivity contribution < 1.29 is 9.53 Å². The van der Waals surface area contributed by atoms with Gasteiger partial charge in [-0.05, 0) is 30.5 Å². The van der Waals surface area contributed by atoms with Gasteiger partial charge >= 0.3 is 0 Å². The minimum absolute atomic E-state index is 0.0889. The molecule has 1 heterocycles. The summed E-state index contributed by atoms with van der Waals surface area (Å²) in [7, 11) is 1.65. The molecule has 1 aromatic heterocycles. The molecule has 2 rings (SSSR count). The Morgan fingerprint density at radius 3 is 2.65 bits per heavy atom. The Labute approximate surface area is 137 Å². The summed E-state index contributed by atoms with van der Waals surface area (Å²) in [4.78, 5) is 16.3. The topological polar surface area (TPSA) is 63.2 Å². The van der Waals surface area contributed by atoms with Crippen LogP contribution in [0.15, 0.2) is 48.7 Å². The predicted molar refractivity (Wildman–Crippen MR) is 91.7 cm³/mol. The van der Waals surface area contributed by atoms with Crippen LogP contribution in [-0.4, -0.2) is 37.7 Å². The number of methoxy groups -OCH3 is 1. The first-order valence-electron chi connectivity index (χ1n) is 7.80. The number of carbonyl (C=O) groups excluding carboxylic acids is 1. The average Bonchev–Trinajstić information content (AvgIpc) is 2.60. The normalized spacial score (nSPS) is 10.3. The van der Waals surface area contributed by atoms with Crippen molar-refractivity contribution in [2.75, 3.05) is 32.1 Å². The largest absolute Gasteiger partial charge is 0.383 e. The molecule has 0 radical (unpaired) electrons. The Bertz CT molecular complexity index is 585. The molecule has 0 saturated carbocycles. The fourth-order valence-electron chi connectivity index (χ4n) is 2.16. The van der Waals surface area contributed by atoms with Gasteiger partial charge in [-0.2, -0.15) is 0 Å². The van der Waals surface area contributed by atoms with Crippen molar-refractivity contribution in [3.05, 3.63) is 59.8 Å². The Morgan fingerprint density at radius 2 is 1.96 bits per heavy atom. The zero-order chi connectivity index (χ0) is 16.3. The first-order valence-corrected chi connectivity index (χ1v) is 7.80. The molecule has 5 nitrogen and oxygen atoms in total. The monoisotopic (exact) mass is 313 g/mol. The van der Waals surface area contributed by atoms with Gasteiger partial charge in [-0.25, -0.2) is 4.98 Å². The summed E-state index contributed by atoms with van der Waals surface area (Å²) in [5, 5.41) is 6.04. The molecule has 0 saturated heterocycles. The summed E-state index contributed by atoms with van der Waals surface area (Å²) >= 11 is 0. The van der Waals surface area contributed by atoms with Crippen LogP contribution in [0.3, 0.4) is 0 Å². The number of aromatic nitrogens is 1. The molecule has 2 N–H and O–H groups in total. The van der Waals surface area contributed by atoms with Gasteiger partial charge in [0.1, 0.15) is 5.82 Å². The molecule has 0 atom stereocenters. The third kappa shape index (κ3) is 6.08. The van der Waals surface area contributed by atoms with E-state index in [0.717, 1.165) is 18.7 Å². The van der Waals surface area contributed by atoms with E-state index in [9.17, 15) is 4.79 Å². The Kier molecular flexibility index (Phi) is 7.07. The fourth-order valence-corrected chi connectivity index (χ4v) is 2.16. The van der Waals surface area contributed by atoms with Gasteiger partial charge in [-0.3, -0.25) is 4.79 Å². The number of rotatable bonds is 9. The summed E-state index contributed by atoms with van der Waals surface area (Å²) < 4.78 is 4.96. The van der Waals surface area contributed by atoms with Gasteiger partial charge < -0.3 is 15.4 Å². The zero-order valence-corrected chi connectivity index (χ0v) is 13.4. The highest BCUT2D eigenvalue weighted by atomic mass is 16.5. The summed E-state index contributed by atoms with van der Waals surface area (Å²) in [5.74, 6) is 0.650. The number of anilines is 1. The zero-order valence-electron chi connectivity index (χ0n) is 13.4.